The lowest BCUT2D eigenvalue weighted by Gasteiger charge is -2.15. The third-order valence-corrected chi connectivity index (χ3v) is 2.76. The van der Waals surface area contributed by atoms with Crippen LogP contribution in [0.5, 0.6) is 0 Å². The highest BCUT2D eigenvalue weighted by atomic mass is 15.6. The number of anilines is 1. The van der Waals surface area contributed by atoms with E-state index in [1.54, 1.807) is 4.68 Å². The number of hydrogen-bond donors (Lipinski definition) is 1. The molecule has 1 aromatic rings. The van der Waals surface area contributed by atoms with Crippen molar-refractivity contribution in [2.24, 2.45) is 13.0 Å². The highest BCUT2D eigenvalue weighted by Gasteiger charge is 2.25. The van der Waals surface area contributed by atoms with E-state index in [0.717, 1.165) is 18.3 Å². The predicted molar refractivity (Wildman–Crippen MR) is 53.8 cm³/mol. The quantitative estimate of drug-likeness (QED) is 0.767. The number of tetrazole rings is 1. The molecule has 1 fully saturated rings. The summed E-state index contributed by atoms with van der Waals surface area (Å²) < 4.78 is 1.68. The lowest BCUT2D eigenvalue weighted by Crippen LogP contribution is -2.21. The van der Waals surface area contributed by atoms with Crippen LogP contribution in [0.25, 0.3) is 0 Å². The first kappa shape index (κ1) is 9.43. The van der Waals surface area contributed by atoms with Crippen molar-refractivity contribution in [2.45, 2.75) is 38.6 Å². The Kier molecular flexibility index (Phi) is 2.65. The summed E-state index contributed by atoms with van der Waals surface area (Å²) in [5, 5.41) is 14.7. The van der Waals surface area contributed by atoms with E-state index in [2.05, 4.69) is 27.8 Å². The summed E-state index contributed by atoms with van der Waals surface area (Å²) in [6.45, 7) is 2.20. The summed E-state index contributed by atoms with van der Waals surface area (Å²) in [6, 6.07) is 0.521. The normalized spacial score (nSPS) is 18.1. The molecule has 1 saturated carbocycles. The van der Waals surface area contributed by atoms with E-state index < -0.39 is 0 Å². The van der Waals surface area contributed by atoms with E-state index in [4.69, 9.17) is 0 Å². The lowest BCUT2D eigenvalue weighted by atomic mass is 10.1. The van der Waals surface area contributed by atoms with Gasteiger partial charge in [0.05, 0.1) is 0 Å². The molecule has 1 heterocycles. The third kappa shape index (κ3) is 2.21. The molecule has 78 valence electrons. The molecule has 0 amide bonds. The van der Waals surface area contributed by atoms with Crippen LogP contribution < -0.4 is 5.32 Å². The Bertz CT molecular complexity index is 291. The molecule has 1 aliphatic carbocycles. The fourth-order valence-corrected chi connectivity index (χ4v) is 1.62. The van der Waals surface area contributed by atoms with Crippen LogP contribution in [0.3, 0.4) is 0 Å². The number of nitrogens with one attached hydrogen (secondary N) is 1. The zero-order valence-corrected chi connectivity index (χ0v) is 8.77. The van der Waals surface area contributed by atoms with Crippen LogP contribution in [0.1, 0.15) is 32.6 Å². The predicted octanol–water partition coefficient (Wildman–Crippen LogP) is 1.20. The van der Waals surface area contributed by atoms with E-state index >= 15 is 0 Å². The summed E-state index contributed by atoms with van der Waals surface area (Å²) in [7, 11) is 1.85. The first-order chi connectivity index (χ1) is 6.79. The van der Waals surface area contributed by atoms with Gasteiger partial charge in [0.15, 0.2) is 0 Å². The van der Waals surface area contributed by atoms with E-state index in [9.17, 15) is 0 Å². The molecule has 0 aromatic carbocycles. The standard InChI is InChI=1S/C9H17N5/c1-3-8(6-7-4-5-7)10-9-11-12-13-14(9)2/h7-8H,3-6H2,1-2H3,(H,10,11,13). The molecule has 1 aromatic heterocycles. The topological polar surface area (TPSA) is 55.6 Å². The van der Waals surface area contributed by atoms with Crippen molar-refractivity contribution in [1.29, 1.82) is 0 Å². The van der Waals surface area contributed by atoms with Gasteiger partial charge in [-0.15, -0.1) is 0 Å². The van der Waals surface area contributed by atoms with Crippen molar-refractivity contribution in [2.75, 3.05) is 5.32 Å². The van der Waals surface area contributed by atoms with Crippen molar-refractivity contribution >= 4 is 5.95 Å². The smallest absolute Gasteiger partial charge is 0.242 e. The van der Waals surface area contributed by atoms with Gasteiger partial charge in [-0.25, -0.2) is 4.68 Å². The first-order valence-corrected chi connectivity index (χ1v) is 5.28. The highest BCUT2D eigenvalue weighted by molar-refractivity contribution is 5.23. The van der Waals surface area contributed by atoms with Crippen molar-refractivity contribution in [3.05, 3.63) is 0 Å². The molecule has 0 bridgehead atoms. The summed E-state index contributed by atoms with van der Waals surface area (Å²) in [5.41, 5.74) is 0. The van der Waals surface area contributed by atoms with Crippen LogP contribution in [-0.2, 0) is 7.05 Å². The minimum Gasteiger partial charge on any atom is -0.350 e. The van der Waals surface area contributed by atoms with Gasteiger partial charge in [0, 0.05) is 13.1 Å². The van der Waals surface area contributed by atoms with Crippen LogP contribution in [0.2, 0.25) is 0 Å². The SMILES string of the molecule is CCC(CC1CC1)Nc1nnnn1C. The Morgan fingerprint density at radius 2 is 2.36 bits per heavy atom. The minimum atomic E-state index is 0.521. The zero-order valence-electron chi connectivity index (χ0n) is 8.77. The second-order valence-corrected chi connectivity index (χ2v) is 4.05. The van der Waals surface area contributed by atoms with Crippen LogP contribution >= 0.6 is 0 Å². The van der Waals surface area contributed by atoms with Gasteiger partial charge >= 0.3 is 0 Å². The second kappa shape index (κ2) is 3.94. The number of nitrogens with zero attached hydrogens (tertiary/aromatic N) is 4. The Morgan fingerprint density at radius 1 is 1.57 bits per heavy atom. The van der Waals surface area contributed by atoms with Gasteiger partial charge in [-0.05, 0) is 29.2 Å². The second-order valence-electron chi connectivity index (χ2n) is 4.05. The van der Waals surface area contributed by atoms with Gasteiger partial charge in [0.25, 0.3) is 0 Å². The van der Waals surface area contributed by atoms with Gasteiger partial charge in [0.1, 0.15) is 0 Å². The Labute approximate surface area is 83.9 Å². The Morgan fingerprint density at radius 3 is 2.86 bits per heavy atom. The monoisotopic (exact) mass is 195 g/mol. The Hall–Kier alpha value is -1.13. The molecule has 0 radical (unpaired) electrons. The van der Waals surface area contributed by atoms with E-state index in [1.807, 2.05) is 7.05 Å². The molecular weight excluding hydrogens is 178 g/mol. The average Bonchev–Trinajstić information content (AvgIpc) is 2.90. The molecule has 1 unspecified atom stereocenters. The van der Waals surface area contributed by atoms with E-state index in [1.165, 1.54) is 19.3 Å². The van der Waals surface area contributed by atoms with Crippen molar-refractivity contribution in [1.82, 2.24) is 20.2 Å². The Balaban J connectivity index is 1.89. The average molecular weight is 195 g/mol. The largest absolute Gasteiger partial charge is 0.350 e. The molecule has 5 nitrogen and oxygen atoms in total. The maximum absolute atomic E-state index is 3.92. The maximum atomic E-state index is 3.92. The maximum Gasteiger partial charge on any atom is 0.242 e. The molecular formula is C9H17N5. The number of aromatic nitrogens is 4. The van der Waals surface area contributed by atoms with E-state index in [0.29, 0.717) is 6.04 Å². The molecule has 2 rings (SSSR count). The molecule has 1 atom stereocenters. The number of rotatable bonds is 5. The fourth-order valence-electron chi connectivity index (χ4n) is 1.62. The summed E-state index contributed by atoms with van der Waals surface area (Å²) in [5.74, 6) is 1.71. The number of hydrogen-bond acceptors (Lipinski definition) is 4. The number of aryl methyl sites for hydroxylation is 1. The van der Waals surface area contributed by atoms with Gasteiger partial charge in [-0.2, -0.15) is 0 Å². The molecule has 0 aliphatic heterocycles. The molecule has 0 saturated heterocycles. The fraction of sp³-hybridized carbons (Fsp3) is 0.889. The van der Waals surface area contributed by atoms with Crippen molar-refractivity contribution in [3.63, 3.8) is 0 Å². The molecule has 1 N–H and O–H groups in total. The third-order valence-electron chi connectivity index (χ3n) is 2.76. The summed E-state index contributed by atoms with van der Waals surface area (Å²) in [6.07, 6.45) is 5.18. The highest BCUT2D eigenvalue weighted by Crippen LogP contribution is 2.34. The lowest BCUT2D eigenvalue weighted by molar-refractivity contribution is 0.577. The van der Waals surface area contributed by atoms with Gasteiger partial charge < -0.3 is 5.32 Å². The van der Waals surface area contributed by atoms with Crippen LogP contribution in [0.15, 0.2) is 0 Å². The summed E-state index contributed by atoms with van der Waals surface area (Å²) in [4.78, 5) is 0. The van der Waals surface area contributed by atoms with Crippen LogP contribution in [0, 0.1) is 5.92 Å². The minimum absolute atomic E-state index is 0.521. The molecule has 5 heteroatoms. The van der Waals surface area contributed by atoms with E-state index in [-0.39, 0.29) is 0 Å². The summed E-state index contributed by atoms with van der Waals surface area (Å²) >= 11 is 0. The molecule has 14 heavy (non-hydrogen) atoms. The van der Waals surface area contributed by atoms with Gasteiger partial charge in [-0.3, -0.25) is 0 Å². The van der Waals surface area contributed by atoms with Gasteiger partial charge in [-0.1, -0.05) is 24.9 Å². The van der Waals surface area contributed by atoms with Crippen LogP contribution in [-0.4, -0.2) is 26.2 Å². The van der Waals surface area contributed by atoms with Crippen molar-refractivity contribution < 1.29 is 0 Å². The molecule has 0 spiro atoms. The van der Waals surface area contributed by atoms with Crippen molar-refractivity contribution in [3.8, 4) is 0 Å². The molecule has 1 aliphatic rings. The van der Waals surface area contributed by atoms with Gasteiger partial charge in [0.2, 0.25) is 5.95 Å². The van der Waals surface area contributed by atoms with Crippen LogP contribution in [0.4, 0.5) is 5.95 Å². The first-order valence-electron chi connectivity index (χ1n) is 5.28. The zero-order chi connectivity index (χ0) is 9.97.